The Balaban J connectivity index is 3.22. The SMILES string of the molecule is CC#C[S+](=O)(O)N(C)Cc1c(OC)cc(OC)cc1OC. The molecule has 6 nitrogen and oxygen atoms in total. The summed E-state index contributed by atoms with van der Waals surface area (Å²) in [6.07, 6.45) is 0. The molecular formula is C14H20NO5S+. The van der Waals surface area contributed by atoms with Gasteiger partial charge in [0.15, 0.2) is 0 Å². The van der Waals surface area contributed by atoms with Crippen molar-refractivity contribution in [2.75, 3.05) is 28.4 Å². The number of nitrogens with zero attached hydrogens (tertiary/aromatic N) is 1. The summed E-state index contributed by atoms with van der Waals surface area (Å²) in [6.45, 7) is 1.65. The van der Waals surface area contributed by atoms with E-state index in [4.69, 9.17) is 14.2 Å². The highest BCUT2D eigenvalue weighted by Gasteiger charge is 2.32. The Labute approximate surface area is 126 Å². The van der Waals surface area contributed by atoms with Crippen LogP contribution < -0.4 is 14.2 Å². The van der Waals surface area contributed by atoms with Crippen LogP contribution >= 0.6 is 0 Å². The minimum absolute atomic E-state index is 0.139. The highest BCUT2D eigenvalue weighted by atomic mass is 32.3. The molecule has 0 aromatic heterocycles. The van der Waals surface area contributed by atoms with Gasteiger partial charge in [-0.25, -0.2) is 0 Å². The van der Waals surface area contributed by atoms with Crippen LogP contribution in [0.5, 0.6) is 17.2 Å². The van der Waals surface area contributed by atoms with E-state index < -0.39 is 10.4 Å². The van der Waals surface area contributed by atoms with Crippen molar-refractivity contribution in [1.29, 1.82) is 0 Å². The largest absolute Gasteiger partial charge is 0.496 e. The highest BCUT2D eigenvalue weighted by molar-refractivity contribution is 8.00. The van der Waals surface area contributed by atoms with E-state index in [1.54, 1.807) is 12.1 Å². The molecular weight excluding hydrogens is 294 g/mol. The Morgan fingerprint density at radius 3 is 2.10 bits per heavy atom. The van der Waals surface area contributed by atoms with Gasteiger partial charge in [-0.2, -0.15) is 4.55 Å². The van der Waals surface area contributed by atoms with Gasteiger partial charge in [-0.3, -0.25) is 0 Å². The molecule has 0 radical (unpaired) electrons. The van der Waals surface area contributed by atoms with Crippen LogP contribution in [0.25, 0.3) is 0 Å². The predicted molar refractivity (Wildman–Crippen MR) is 81.7 cm³/mol. The fourth-order valence-corrected chi connectivity index (χ4v) is 2.48. The van der Waals surface area contributed by atoms with E-state index in [0.717, 1.165) is 0 Å². The topological polar surface area (TPSA) is 68.2 Å². The first-order chi connectivity index (χ1) is 9.89. The first kappa shape index (κ1) is 17.3. The summed E-state index contributed by atoms with van der Waals surface area (Å²) in [5.74, 6) is 4.05. The first-order valence-corrected chi connectivity index (χ1v) is 7.57. The number of hydrogen-bond acceptors (Lipinski definition) is 4. The van der Waals surface area contributed by atoms with Crippen molar-refractivity contribution < 1.29 is 23.0 Å². The third-order valence-corrected chi connectivity index (χ3v) is 4.30. The second kappa shape index (κ2) is 7.31. The van der Waals surface area contributed by atoms with Crippen LogP contribution in [-0.4, -0.2) is 37.2 Å². The number of benzene rings is 1. The van der Waals surface area contributed by atoms with Crippen LogP contribution in [0.2, 0.25) is 0 Å². The Morgan fingerprint density at radius 2 is 1.71 bits per heavy atom. The van der Waals surface area contributed by atoms with Crippen molar-refractivity contribution in [1.82, 2.24) is 4.31 Å². The second-order valence-corrected chi connectivity index (χ2v) is 5.97. The van der Waals surface area contributed by atoms with Crippen molar-refractivity contribution in [2.45, 2.75) is 13.5 Å². The summed E-state index contributed by atoms with van der Waals surface area (Å²) in [4.78, 5) is 0. The van der Waals surface area contributed by atoms with Gasteiger partial charge >= 0.3 is 10.4 Å². The molecule has 1 atom stereocenters. The zero-order valence-corrected chi connectivity index (χ0v) is 13.6. The van der Waals surface area contributed by atoms with Gasteiger partial charge in [0.1, 0.15) is 17.2 Å². The molecule has 0 aliphatic heterocycles. The Bertz CT molecular complexity index is 580. The van der Waals surface area contributed by atoms with E-state index in [2.05, 4.69) is 11.2 Å². The molecule has 1 N–H and O–H groups in total. The maximum absolute atomic E-state index is 12.0. The van der Waals surface area contributed by atoms with Crippen molar-refractivity contribution >= 4 is 10.4 Å². The first-order valence-electron chi connectivity index (χ1n) is 6.09. The Hall–Kier alpha value is -1.75. The maximum Gasteiger partial charge on any atom is 0.371 e. The van der Waals surface area contributed by atoms with Crippen molar-refractivity contribution in [3.8, 4) is 28.4 Å². The molecule has 116 valence electrons. The van der Waals surface area contributed by atoms with Crippen LogP contribution in [0.1, 0.15) is 12.5 Å². The van der Waals surface area contributed by atoms with Gasteiger partial charge in [0.05, 0.1) is 33.4 Å². The molecule has 0 heterocycles. The van der Waals surface area contributed by atoms with Crippen LogP contribution in [0.15, 0.2) is 12.1 Å². The standard InChI is InChI=1S/C14H19NO5S/c1-6-7-21(16,17)15(2)10-12-13(19-4)8-11(18-3)9-14(12)20-5/h8-9H,10H2,1-5H3/p+1. The van der Waals surface area contributed by atoms with Gasteiger partial charge in [0, 0.05) is 26.1 Å². The average Bonchev–Trinajstić information content (AvgIpc) is 2.46. The molecule has 1 rings (SSSR count). The van der Waals surface area contributed by atoms with Crippen LogP contribution in [0.3, 0.4) is 0 Å². The minimum atomic E-state index is -3.39. The van der Waals surface area contributed by atoms with Gasteiger partial charge in [-0.1, -0.05) is 4.31 Å². The lowest BCUT2D eigenvalue weighted by atomic mass is 10.1. The van der Waals surface area contributed by atoms with Gasteiger partial charge in [-0.15, -0.1) is 0 Å². The summed E-state index contributed by atoms with van der Waals surface area (Å²) < 4.78 is 38.9. The molecule has 1 aromatic carbocycles. The van der Waals surface area contributed by atoms with Crippen molar-refractivity contribution in [3.63, 3.8) is 0 Å². The maximum atomic E-state index is 12.0. The normalized spacial score (nSPS) is 13.1. The molecule has 1 unspecified atom stereocenters. The quantitative estimate of drug-likeness (QED) is 0.642. The zero-order valence-electron chi connectivity index (χ0n) is 12.8. The highest BCUT2D eigenvalue weighted by Crippen LogP contribution is 2.35. The molecule has 0 saturated carbocycles. The van der Waals surface area contributed by atoms with E-state index in [1.165, 1.54) is 39.6 Å². The van der Waals surface area contributed by atoms with E-state index >= 15 is 0 Å². The number of methoxy groups -OCH3 is 3. The van der Waals surface area contributed by atoms with Crippen LogP contribution in [0, 0.1) is 11.2 Å². The van der Waals surface area contributed by atoms with Crippen molar-refractivity contribution in [3.05, 3.63) is 17.7 Å². The number of ether oxygens (including phenoxy) is 3. The summed E-state index contributed by atoms with van der Waals surface area (Å²) in [5.41, 5.74) is 0.642. The molecule has 0 bridgehead atoms. The van der Waals surface area contributed by atoms with Gasteiger partial charge in [0.25, 0.3) is 0 Å². The molecule has 0 amide bonds. The monoisotopic (exact) mass is 314 g/mol. The minimum Gasteiger partial charge on any atom is -0.496 e. The lowest BCUT2D eigenvalue weighted by molar-refractivity contribution is 0.354. The smallest absolute Gasteiger partial charge is 0.371 e. The molecule has 0 aliphatic rings. The van der Waals surface area contributed by atoms with Crippen LogP contribution in [0.4, 0.5) is 0 Å². The van der Waals surface area contributed by atoms with E-state index in [9.17, 15) is 8.76 Å². The predicted octanol–water partition coefficient (Wildman–Crippen LogP) is 2.01. The molecule has 7 heteroatoms. The number of hydrogen-bond donors (Lipinski definition) is 1. The lowest BCUT2D eigenvalue weighted by Crippen LogP contribution is -2.30. The third-order valence-electron chi connectivity index (χ3n) is 2.86. The molecule has 21 heavy (non-hydrogen) atoms. The van der Waals surface area contributed by atoms with Gasteiger partial charge < -0.3 is 14.2 Å². The molecule has 0 spiro atoms. The summed E-state index contributed by atoms with van der Waals surface area (Å²) >= 11 is 0. The molecule has 0 aliphatic carbocycles. The fourth-order valence-electron chi connectivity index (χ4n) is 1.75. The summed E-state index contributed by atoms with van der Waals surface area (Å²) in [7, 11) is 2.68. The molecule has 0 saturated heterocycles. The van der Waals surface area contributed by atoms with Gasteiger partial charge in [-0.05, 0) is 10.1 Å². The van der Waals surface area contributed by atoms with E-state index in [-0.39, 0.29) is 6.54 Å². The van der Waals surface area contributed by atoms with Gasteiger partial charge in [0.2, 0.25) is 5.25 Å². The fraction of sp³-hybridized carbons (Fsp3) is 0.429. The van der Waals surface area contributed by atoms with Crippen molar-refractivity contribution in [2.24, 2.45) is 0 Å². The molecule has 0 fully saturated rings. The second-order valence-electron chi connectivity index (χ2n) is 4.15. The van der Waals surface area contributed by atoms with Crippen LogP contribution in [-0.2, 0) is 21.2 Å². The lowest BCUT2D eigenvalue weighted by Gasteiger charge is -2.17. The molecule has 1 aromatic rings. The summed E-state index contributed by atoms with van der Waals surface area (Å²) in [6, 6.07) is 3.38. The Kier molecular flexibility index (Phi) is 6.03. The van der Waals surface area contributed by atoms with E-state index in [1.807, 2.05) is 0 Å². The Morgan fingerprint density at radius 1 is 1.19 bits per heavy atom. The van der Waals surface area contributed by atoms with E-state index in [0.29, 0.717) is 22.8 Å². The third kappa shape index (κ3) is 4.11. The average molecular weight is 314 g/mol. The number of rotatable bonds is 6. The summed E-state index contributed by atoms with van der Waals surface area (Å²) in [5, 5.41) is 2.29. The zero-order chi connectivity index (χ0) is 16.0.